The highest BCUT2D eigenvalue weighted by Crippen LogP contribution is 2.47. The van der Waals surface area contributed by atoms with Crippen molar-refractivity contribution in [3.63, 3.8) is 0 Å². The number of likely N-dealkylation sites (N-methyl/N-ethyl adjacent to an activating group) is 1. The third-order valence-corrected chi connectivity index (χ3v) is 6.73. The number of nitrogens with one attached hydrogen (secondary N) is 1. The summed E-state index contributed by atoms with van der Waals surface area (Å²) >= 11 is 0. The van der Waals surface area contributed by atoms with E-state index in [1.807, 2.05) is 39.1 Å². The third-order valence-electron chi connectivity index (χ3n) is 6.73. The summed E-state index contributed by atoms with van der Waals surface area (Å²) in [5.74, 6) is -0.205. The molecule has 0 bridgehead atoms. The highest BCUT2D eigenvalue weighted by Gasteiger charge is 2.58. The maximum absolute atomic E-state index is 14.0. The summed E-state index contributed by atoms with van der Waals surface area (Å²) in [6.07, 6.45) is 0.876. The third kappa shape index (κ3) is 5.09. The Kier molecular flexibility index (Phi) is 6.83. The Balaban J connectivity index is 1.66. The number of methoxy groups -OCH3 is 1. The largest absolute Gasteiger partial charge is 0.488 e. The molecule has 4 atom stereocenters. The standard InChI is InChI=1S/C27H36FNO4/c1-26(2)16-22(23-24(25(26)30-6)33-27(3,4)32-23)31-20-11-10-17(12-13-29-5)21(15-20)18-8-7-9-19(28)14-18/h7-11,14-15,22-25,29H,12-13,16H2,1-6H3/t22-,23+,24+,25-/m1/s1. The molecule has 0 aromatic heterocycles. The molecule has 33 heavy (non-hydrogen) atoms. The van der Waals surface area contributed by atoms with Gasteiger partial charge in [-0.15, -0.1) is 0 Å². The molecule has 1 saturated heterocycles. The summed E-state index contributed by atoms with van der Waals surface area (Å²) in [4.78, 5) is 0. The molecule has 2 fully saturated rings. The summed E-state index contributed by atoms with van der Waals surface area (Å²) in [7, 11) is 3.66. The van der Waals surface area contributed by atoms with Gasteiger partial charge in [0.25, 0.3) is 0 Å². The van der Waals surface area contributed by atoms with E-state index in [1.165, 1.54) is 6.07 Å². The number of hydrogen-bond acceptors (Lipinski definition) is 5. The Hall–Kier alpha value is -1.99. The van der Waals surface area contributed by atoms with E-state index < -0.39 is 5.79 Å². The number of rotatable bonds is 7. The Morgan fingerprint density at radius 1 is 1.06 bits per heavy atom. The predicted molar refractivity (Wildman–Crippen MR) is 127 cm³/mol. The van der Waals surface area contributed by atoms with Crippen molar-refractivity contribution >= 4 is 0 Å². The van der Waals surface area contributed by atoms with Crippen molar-refractivity contribution in [2.75, 3.05) is 20.7 Å². The van der Waals surface area contributed by atoms with E-state index in [0.717, 1.165) is 41.8 Å². The first kappa shape index (κ1) is 24.1. The summed E-state index contributed by atoms with van der Waals surface area (Å²) in [5, 5.41) is 3.19. The molecular formula is C27H36FNO4. The topological polar surface area (TPSA) is 49.0 Å². The van der Waals surface area contributed by atoms with Crippen LogP contribution in [-0.4, -0.2) is 50.9 Å². The van der Waals surface area contributed by atoms with Gasteiger partial charge in [0.2, 0.25) is 0 Å². The van der Waals surface area contributed by atoms with Crippen LogP contribution in [0.5, 0.6) is 5.75 Å². The molecule has 2 aliphatic rings. The molecule has 4 rings (SSSR count). The van der Waals surface area contributed by atoms with Crippen LogP contribution < -0.4 is 10.1 Å². The summed E-state index contributed by atoms with van der Waals surface area (Å²) in [5.41, 5.74) is 2.81. The van der Waals surface area contributed by atoms with Crippen LogP contribution in [-0.2, 0) is 20.6 Å². The zero-order valence-corrected chi connectivity index (χ0v) is 20.5. The molecule has 180 valence electrons. The molecule has 1 heterocycles. The Labute approximate surface area is 196 Å². The van der Waals surface area contributed by atoms with E-state index in [1.54, 1.807) is 19.2 Å². The SMILES string of the molecule is CNCCc1ccc(O[C@@H]2CC(C)(C)[C@H](OC)[C@H]3OC(C)(C)O[C@H]32)cc1-c1cccc(F)c1. The van der Waals surface area contributed by atoms with Gasteiger partial charge in [-0.1, -0.05) is 32.0 Å². The van der Waals surface area contributed by atoms with Gasteiger partial charge in [0.05, 0.1) is 6.10 Å². The molecule has 0 spiro atoms. The molecule has 0 radical (unpaired) electrons. The van der Waals surface area contributed by atoms with Crippen LogP contribution in [0.2, 0.25) is 0 Å². The quantitative estimate of drug-likeness (QED) is 0.636. The molecule has 2 aromatic rings. The molecule has 1 aliphatic carbocycles. The van der Waals surface area contributed by atoms with E-state index in [2.05, 4.69) is 25.2 Å². The minimum Gasteiger partial charge on any atom is -0.488 e. The average Bonchev–Trinajstić information content (AvgIpc) is 3.07. The first-order valence-electron chi connectivity index (χ1n) is 11.7. The van der Waals surface area contributed by atoms with Crippen LogP contribution >= 0.6 is 0 Å². The van der Waals surface area contributed by atoms with E-state index in [9.17, 15) is 4.39 Å². The Bertz CT molecular complexity index is 976. The first-order valence-corrected chi connectivity index (χ1v) is 11.7. The minimum atomic E-state index is -0.697. The molecule has 1 N–H and O–H groups in total. The number of hydrogen-bond donors (Lipinski definition) is 1. The fourth-order valence-corrected chi connectivity index (χ4v) is 5.30. The smallest absolute Gasteiger partial charge is 0.164 e. The lowest BCUT2D eigenvalue weighted by atomic mass is 9.71. The Morgan fingerprint density at radius 2 is 1.82 bits per heavy atom. The van der Waals surface area contributed by atoms with Gasteiger partial charge in [0.1, 0.15) is 29.9 Å². The lowest BCUT2D eigenvalue weighted by Gasteiger charge is -2.46. The van der Waals surface area contributed by atoms with Gasteiger partial charge in [0.15, 0.2) is 5.79 Å². The molecular weight excluding hydrogens is 421 g/mol. The Morgan fingerprint density at radius 3 is 2.52 bits per heavy atom. The first-order chi connectivity index (χ1) is 15.6. The summed E-state index contributed by atoms with van der Waals surface area (Å²) in [6.45, 7) is 9.06. The number of ether oxygens (including phenoxy) is 4. The monoisotopic (exact) mass is 457 g/mol. The zero-order chi connectivity index (χ0) is 23.8. The number of fused-ring (bicyclic) bond motifs is 1. The van der Waals surface area contributed by atoms with Crippen LogP contribution in [0.1, 0.15) is 39.7 Å². The second-order valence-electron chi connectivity index (χ2n) is 10.3. The van der Waals surface area contributed by atoms with Crippen LogP contribution in [0.4, 0.5) is 4.39 Å². The molecule has 0 unspecified atom stereocenters. The van der Waals surface area contributed by atoms with E-state index in [-0.39, 0.29) is 35.6 Å². The van der Waals surface area contributed by atoms with Crippen molar-refractivity contribution in [2.24, 2.45) is 5.41 Å². The van der Waals surface area contributed by atoms with Gasteiger partial charge in [-0.3, -0.25) is 0 Å². The van der Waals surface area contributed by atoms with Gasteiger partial charge in [-0.2, -0.15) is 0 Å². The van der Waals surface area contributed by atoms with Crippen molar-refractivity contribution in [1.82, 2.24) is 5.32 Å². The van der Waals surface area contributed by atoms with Crippen LogP contribution in [0.25, 0.3) is 11.1 Å². The molecule has 1 saturated carbocycles. The fraction of sp³-hybridized carbons (Fsp3) is 0.556. The minimum absolute atomic E-state index is 0.0871. The number of benzene rings is 2. The maximum Gasteiger partial charge on any atom is 0.164 e. The van der Waals surface area contributed by atoms with Crippen molar-refractivity contribution in [3.05, 3.63) is 53.8 Å². The highest BCUT2D eigenvalue weighted by molar-refractivity contribution is 5.69. The lowest BCUT2D eigenvalue weighted by Crippen LogP contribution is -2.58. The van der Waals surface area contributed by atoms with E-state index >= 15 is 0 Å². The van der Waals surface area contributed by atoms with E-state index in [4.69, 9.17) is 18.9 Å². The highest BCUT2D eigenvalue weighted by atomic mass is 19.1. The molecule has 6 heteroatoms. The van der Waals surface area contributed by atoms with Gasteiger partial charge < -0.3 is 24.3 Å². The molecule has 2 aromatic carbocycles. The zero-order valence-electron chi connectivity index (χ0n) is 20.5. The molecule has 1 aliphatic heterocycles. The second kappa shape index (κ2) is 9.34. The van der Waals surface area contributed by atoms with E-state index in [0.29, 0.717) is 0 Å². The van der Waals surface area contributed by atoms with Gasteiger partial charge >= 0.3 is 0 Å². The van der Waals surface area contributed by atoms with Gasteiger partial charge in [-0.25, -0.2) is 4.39 Å². The van der Waals surface area contributed by atoms with Crippen LogP contribution in [0, 0.1) is 11.2 Å². The molecule has 5 nitrogen and oxygen atoms in total. The fourth-order valence-electron chi connectivity index (χ4n) is 5.30. The lowest BCUT2D eigenvalue weighted by molar-refractivity contribution is -0.164. The van der Waals surface area contributed by atoms with Crippen molar-refractivity contribution in [3.8, 4) is 16.9 Å². The van der Waals surface area contributed by atoms with Crippen LogP contribution in [0.15, 0.2) is 42.5 Å². The molecule has 0 amide bonds. The number of halogens is 1. The van der Waals surface area contributed by atoms with Crippen molar-refractivity contribution in [2.45, 2.75) is 70.7 Å². The second-order valence-corrected chi connectivity index (χ2v) is 10.3. The van der Waals surface area contributed by atoms with Gasteiger partial charge in [-0.05, 0) is 86.7 Å². The average molecular weight is 458 g/mol. The van der Waals surface area contributed by atoms with Crippen molar-refractivity contribution in [1.29, 1.82) is 0 Å². The maximum atomic E-state index is 14.0. The summed E-state index contributed by atoms with van der Waals surface area (Å²) in [6, 6.07) is 12.8. The van der Waals surface area contributed by atoms with Crippen LogP contribution in [0.3, 0.4) is 0 Å². The van der Waals surface area contributed by atoms with Gasteiger partial charge in [0, 0.05) is 7.11 Å². The van der Waals surface area contributed by atoms with Crippen molar-refractivity contribution < 1.29 is 23.3 Å². The predicted octanol–water partition coefficient (Wildman–Crippen LogP) is 4.97. The summed E-state index contributed by atoms with van der Waals surface area (Å²) < 4.78 is 39.0. The normalized spacial score (nSPS) is 27.8.